The first-order valence-electron chi connectivity index (χ1n) is 4.29. The molecule has 15 heavy (non-hydrogen) atoms. The molecule has 2 aromatic rings. The van der Waals surface area contributed by atoms with E-state index in [4.69, 9.17) is 0 Å². The van der Waals surface area contributed by atoms with Gasteiger partial charge in [-0.3, -0.25) is 9.19 Å². The molecule has 2 rings (SSSR count). The molecule has 0 N–H and O–H groups in total. The van der Waals surface area contributed by atoms with Gasteiger partial charge in [0.15, 0.2) is 0 Å². The monoisotopic (exact) mass is 238 g/mol. The SMILES string of the molecule is O=S([O-])Cc1cccc(-c2cncs2)c1. The van der Waals surface area contributed by atoms with E-state index in [-0.39, 0.29) is 5.75 Å². The van der Waals surface area contributed by atoms with E-state index in [1.54, 1.807) is 17.8 Å². The molecule has 1 aromatic heterocycles. The average Bonchev–Trinajstić information content (AvgIpc) is 2.69. The molecule has 0 saturated carbocycles. The van der Waals surface area contributed by atoms with Crippen molar-refractivity contribution in [3.8, 4) is 10.4 Å². The highest BCUT2D eigenvalue weighted by Gasteiger charge is 2.00. The van der Waals surface area contributed by atoms with Gasteiger partial charge in [0.05, 0.1) is 10.4 Å². The third kappa shape index (κ3) is 2.71. The first kappa shape index (κ1) is 10.5. The van der Waals surface area contributed by atoms with Crippen molar-refractivity contribution in [2.24, 2.45) is 0 Å². The van der Waals surface area contributed by atoms with Crippen molar-refractivity contribution in [1.29, 1.82) is 0 Å². The van der Waals surface area contributed by atoms with Crippen LogP contribution in [-0.4, -0.2) is 13.7 Å². The fourth-order valence-electron chi connectivity index (χ4n) is 1.31. The normalized spacial score (nSPS) is 12.6. The Kier molecular flexibility index (Phi) is 3.25. The molecule has 78 valence electrons. The predicted octanol–water partition coefficient (Wildman–Crippen LogP) is 2.19. The number of rotatable bonds is 3. The topological polar surface area (TPSA) is 53.0 Å². The zero-order chi connectivity index (χ0) is 10.7. The van der Waals surface area contributed by atoms with Gasteiger partial charge in [0, 0.05) is 11.9 Å². The van der Waals surface area contributed by atoms with Gasteiger partial charge in [-0.1, -0.05) is 29.3 Å². The fraction of sp³-hybridized carbons (Fsp3) is 0.100. The summed E-state index contributed by atoms with van der Waals surface area (Å²) < 4.78 is 21.1. The van der Waals surface area contributed by atoms with E-state index in [0.29, 0.717) is 0 Å². The van der Waals surface area contributed by atoms with Crippen molar-refractivity contribution in [3.05, 3.63) is 41.5 Å². The summed E-state index contributed by atoms with van der Waals surface area (Å²) in [4.78, 5) is 5.04. The van der Waals surface area contributed by atoms with E-state index in [9.17, 15) is 8.76 Å². The Balaban J connectivity index is 2.31. The minimum absolute atomic E-state index is 0.0621. The van der Waals surface area contributed by atoms with Crippen LogP contribution in [0, 0.1) is 0 Å². The van der Waals surface area contributed by atoms with Crippen LogP contribution >= 0.6 is 11.3 Å². The smallest absolute Gasteiger partial charge is 0.0797 e. The van der Waals surface area contributed by atoms with Gasteiger partial charge < -0.3 is 4.55 Å². The predicted molar refractivity (Wildman–Crippen MR) is 60.2 cm³/mol. The largest absolute Gasteiger partial charge is 0.772 e. The molecule has 3 nitrogen and oxygen atoms in total. The van der Waals surface area contributed by atoms with Crippen molar-refractivity contribution in [1.82, 2.24) is 4.98 Å². The van der Waals surface area contributed by atoms with Crippen LogP contribution in [0.25, 0.3) is 10.4 Å². The van der Waals surface area contributed by atoms with Crippen LogP contribution in [0.15, 0.2) is 36.0 Å². The summed E-state index contributed by atoms with van der Waals surface area (Å²) in [5.74, 6) is 0.0621. The fourth-order valence-corrected chi connectivity index (χ4v) is 2.38. The summed E-state index contributed by atoms with van der Waals surface area (Å²) in [5.41, 5.74) is 3.57. The van der Waals surface area contributed by atoms with Crippen LogP contribution < -0.4 is 0 Å². The lowest BCUT2D eigenvalue weighted by molar-refractivity contribution is 0.536. The molecule has 0 aliphatic rings. The summed E-state index contributed by atoms with van der Waals surface area (Å²) >= 11 is -0.495. The summed E-state index contributed by atoms with van der Waals surface area (Å²) in [7, 11) is 0. The number of hydrogen-bond donors (Lipinski definition) is 0. The Morgan fingerprint density at radius 2 is 2.33 bits per heavy atom. The van der Waals surface area contributed by atoms with Gasteiger partial charge in [-0.15, -0.1) is 11.3 Å². The number of nitrogens with zero attached hydrogens (tertiary/aromatic N) is 1. The maximum absolute atomic E-state index is 10.6. The first-order chi connectivity index (χ1) is 7.25. The van der Waals surface area contributed by atoms with Crippen molar-refractivity contribution < 1.29 is 8.76 Å². The van der Waals surface area contributed by atoms with Crippen molar-refractivity contribution in [3.63, 3.8) is 0 Å². The second-order valence-electron chi connectivity index (χ2n) is 3.01. The van der Waals surface area contributed by atoms with Crippen LogP contribution in [0.2, 0.25) is 0 Å². The van der Waals surface area contributed by atoms with Gasteiger partial charge in [0.25, 0.3) is 0 Å². The molecule has 0 saturated heterocycles. The second kappa shape index (κ2) is 4.65. The molecule has 1 unspecified atom stereocenters. The lowest BCUT2D eigenvalue weighted by Gasteiger charge is -2.06. The van der Waals surface area contributed by atoms with E-state index in [2.05, 4.69) is 4.98 Å². The number of aromatic nitrogens is 1. The summed E-state index contributed by atoms with van der Waals surface area (Å²) in [5, 5.41) is 0. The molecule has 0 aliphatic heterocycles. The Morgan fingerprint density at radius 3 is 3.00 bits per heavy atom. The molecular weight excluding hydrogens is 230 g/mol. The maximum atomic E-state index is 10.6. The van der Waals surface area contributed by atoms with Gasteiger partial charge in [-0.05, 0) is 17.2 Å². The van der Waals surface area contributed by atoms with Crippen LogP contribution in [0.4, 0.5) is 0 Å². The molecule has 1 atom stereocenters. The Hall–Kier alpha value is -1.04. The molecule has 1 aromatic carbocycles. The molecular formula is C10H8NO2S2-. The Bertz CT molecular complexity index is 468. The van der Waals surface area contributed by atoms with Crippen molar-refractivity contribution in [2.45, 2.75) is 5.75 Å². The molecule has 1 heterocycles. The van der Waals surface area contributed by atoms with Gasteiger partial charge >= 0.3 is 0 Å². The Labute approximate surface area is 94.1 Å². The molecule has 0 amide bonds. The van der Waals surface area contributed by atoms with Crippen LogP contribution in [0.5, 0.6) is 0 Å². The first-order valence-corrected chi connectivity index (χ1v) is 6.42. The average molecular weight is 238 g/mol. The number of hydrogen-bond acceptors (Lipinski definition) is 4. The van der Waals surface area contributed by atoms with Crippen LogP contribution in [0.1, 0.15) is 5.56 Å². The molecule has 0 aliphatic carbocycles. The van der Waals surface area contributed by atoms with E-state index in [1.807, 2.05) is 18.2 Å². The lowest BCUT2D eigenvalue weighted by Crippen LogP contribution is -1.92. The lowest BCUT2D eigenvalue weighted by atomic mass is 10.1. The zero-order valence-corrected chi connectivity index (χ0v) is 9.38. The molecule has 5 heteroatoms. The molecule has 0 fully saturated rings. The van der Waals surface area contributed by atoms with Gasteiger partial charge in [-0.25, -0.2) is 0 Å². The van der Waals surface area contributed by atoms with Crippen molar-refractivity contribution >= 4 is 22.4 Å². The minimum atomic E-state index is -2.03. The molecule has 0 bridgehead atoms. The van der Waals surface area contributed by atoms with Crippen LogP contribution in [0.3, 0.4) is 0 Å². The highest BCUT2D eigenvalue weighted by molar-refractivity contribution is 7.78. The van der Waals surface area contributed by atoms with Gasteiger partial charge in [-0.2, -0.15) is 0 Å². The zero-order valence-electron chi connectivity index (χ0n) is 7.75. The number of benzene rings is 1. The van der Waals surface area contributed by atoms with Crippen LogP contribution in [-0.2, 0) is 16.8 Å². The summed E-state index contributed by atoms with van der Waals surface area (Å²) in [6, 6.07) is 7.49. The quantitative estimate of drug-likeness (QED) is 0.770. The summed E-state index contributed by atoms with van der Waals surface area (Å²) in [6.45, 7) is 0. The third-order valence-electron chi connectivity index (χ3n) is 1.93. The molecule has 0 spiro atoms. The van der Waals surface area contributed by atoms with E-state index < -0.39 is 11.1 Å². The molecule has 0 radical (unpaired) electrons. The highest BCUT2D eigenvalue weighted by atomic mass is 32.2. The van der Waals surface area contributed by atoms with E-state index in [0.717, 1.165) is 16.0 Å². The second-order valence-corrected chi connectivity index (χ2v) is 4.80. The minimum Gasteiger partial charge on any atom is -0.772 e. The standard InChI is InChI=1S/C10H9NO2S2/c12-15(13)6-8-2-1-3-9(4-8)10-5-11-7-14-10/h1-5,7H,6H2,(H,12,13)/p-1. The number of thiazole rings is 1. The highest BCUT2D eigenvalue weighted by Crippen LogP contribution is 2.24. The van der Waals surface area contributed by atoms with E-state index >= 15 is 0 Å². The summed E-state index contributed by atoms with van der Waals surface area (Å²) in [6.07, 6.45) is 1.78. The van der Waals surface area contributed by atoms with E-state index in [1.165, 1.54) is 11.3 Å². The van der Waals surface area contributed by atoms with Gasteiger partial charge in [0.1, 0.15) is 0 Å². The third-order valence-corrected chi connectivity index (χ3v) is 3.32. The van der Waals surface area contributed by atoms with Crippen molar-refractivity contribution in [2.75, 3.05) is 0 Å². The maximum Gasteiger partial charge on any atom is 0.0797 e. The van der Waals surface area contributed by atoms with Gasteiger partial charge in [0.2, 0.25) is 0 Å². The Morgan fingerprint density at radius 1 is 1.47 bits per heavy atom.